The van der Waals surface area contributed by atoms with Gasteiger partial charge in [0.2, 0.25) is 5.91 Å². The summed E-state index contributed by atoms with van der Waals surface area (Å²) in [6, 6.07) is 12.0. The molecule has 0 saturated carbocycles. The molecule has 0 N–H and O–H groups in total. The second-order valence-corrected chi connectivity index (χ2v) is 6.22. The summed E-state index contributed by atoms with van der Waals surface area (Å²) in [6.45, 7) is 0.820. The van der Waals surface area contributed by atoms with E-state index in [0.29, 0.717) is 6.42 Å². The van der Waals surface area contributed by atoms with Crippen molar-refractivity contribution in [2.45, 2.75) is 38.1 Å². The van der Waals surface area contributed by atoms with Crippen LogP contribution in [0.25, 0.3) is 0 Å². The van der Waals surface area contributed by atoms with Crippen molar-refractivity contribution in [3.05, 3.63) is 59.9 Å². The molecule has 4 heteroatoms. The minimum atomic E-state index is 0.151. The number of benzene rings is 1. The zero-order chi connectivity index (χ0) is 16.8. The third-order valence-electron chi connectivity index (χ3n) is 4.70. The molecule has 3 rings (SSSR count). The first-order valence-electron chi connectivity index (χ1n) is 8.61. The van der Waals surface area contributed by atoms with Crippen LogP contribution < -0.4 is 4.74 Å². The molecule has 126 valence electrons. The first-order chi connectivity index (χ1) is 11.8. The molecule has 1 aromatic carbocycles. The molecule has 24 heavy (non-hydrogen) atoms. The van der Waals surface area contributed by atoms with Gasteiger partial charge in [-0.2, -0.15) is 0 Å². The topological polar surface area (TPSA) is 42.4 Å². The SMILES string of the molecule is COc1ccccc1CC(=O)N1CCCCCC1c1ccncc1. The molecule has 0 aliphatic carbocycles. The van der Waals surface area contributed by atoms with E-state index in [9.17, 15) is 4.79 Å². The van der Waals surface area contributed by atoms with Gasteiger partial charge in [-0.3, -0.25) is 9.78 Å². The van der Waals surface area contributed by atoms with Crippen LogP contribution in [0.1, 0.15) is 42.9 Å². The van der Waals surface area contributed by atoms with Gasteiger partial charge in [-0.05, 0) is 36.6 Å². The average molecular weight is 324 g/mol. The highest BCUT2D eigenvalue weighted by molar-refractivity contribution is 5.80. The molecule has 1 aromatic heterocycles. The third kappa shape index (κ3) is 3.75. The van der Waals surface area contributed by atoms with E-state index in [1.165, 1.54) is 12.0 Å². The van der Waals surface area contributed by atoms with Crippen molar-refractivity contribution < 1.29 is 9.53 Å². The minimum Gasteiger partial charge on any atom is -0.496 e. The normalized spacial score (nSPS) is 18.0. The van der Waals surface area contributed by atoms with Gasteiger partial charge >= 0.3 is 0 Å². The number of hydrogen-bond acceptors (Lipinski definition) is 3. The maximum atomic E-state index is 13.0. The van der Waals surface area contributed by atoms with Crippen molar-refractivity contribution in [3.8, 4) is 5.75 Å². The molecule has 2 aromatic rings. The summed E-state index contributed by atoms with van der Waals surface area (Å²) in [5.74, 6) is 0.948. The van der Waals surface area contributed by atoms with Crippen LogP contribution in [-0.4, -0.2) is 29.4 Å². The van der Waals surface area contributed by atoms with Crippen LogP contribution in [-0.2, 0) is 11.2 Å². The Kier molecular flexibility index (Phi) is 5.47. The van der Waals surface area contributed by atoms with Gasteiger partial charge in [0.1, 0.15) is 5.75 Å². The Balaban J connectivity index is 1.82. The zero-order valence-corrected chi connectivity index (χ0v) is 14.1. The van der Waals surface area contributed by atoms with Crippen molar-refractivity contribution in [3.63, 3.8) is 0 Å². The number of para-hydroxylation sites is 1. The van der Waals surface area contributed by atoms with Crippen molar-refractivity contribution in [1.29, 1.82) is 0 Å². The van der Waals surface area contributed by atoms with Crippen molar-refractivity contribution in [2.75, 3.05) is 13.7 Å². The maximum Gasteiger partial charge on any atom is 0.227 e. The first kappa shape index (κ1) is 16.5. The average Bonchev–Trinajstić information content (AvgIpc) is 2.89. The van der Waals surface area contributed by atoms with E-state index in [0.717, 1.165) is 37.1 Å². The predicted molar refractivity (Wildman–Crippen MR) is 93.9 cm³/mol. The molecule has 1 saturated heterocycles. The smallest absolute Gasteiger partial charge is 0.227 e. The molecule has 1 aliphatic heterocycles. The Bertz CT molecular complexity index is 672. The molecule has 0 radical (unpaired) electrons. The second kappa shape index (κ2) is 7.95. The van der Waals surface area contributed by atoms with E-state index >= 15 is 0 Å². The van der Waals surface area contributed by atoms with Crippen molar-refractivity contribution in [1.82, 2.24) is 9.88 Å². The van der Waals surface area contributed by atoms with Crippen LogP contribution in [0.15, 0.2) is 48.8 Å². The van der Waals surface area contributed by atoms with Crippen molar-refractivity contribution in [2.24, 2.45) is 0 Å². The molecular weight excluding hydrogens is 300 g/mol. The molecule has 1 unspecified atom stereocenters. The number of methoxy groups -OCH3 is 1. The lowest BCUT2D eigenvalue weighted by Crippen LogP contribution is -2.36. The van der Waals surface area contributed by atoms with Gasteiger partial charge in [0, 0.05) is 24.5 Å². The molecule has 1 atom stereocenters. The Morgan fingerprint density at radius 3 is 2.75 bits per heavy atom. The zero-order valence-electron chi connectivity index (χ0n) is 14.1. The molecule has 1 fully saturated rings. The molecule has 1 amide bonds. The summed E-state index contributed by atoms with van der Waals surface area (Å²) in [4.78, 5) is 19.2. The standard InChI is InChI=1S/C20H24N2O2/c1-24-19-9-5-4-7-17(19)15-20(23)22-14-6-2-3-8-18(22)16-10-12-21-13-11-16/h4-5,7,9-13,18H,2-3,6,8,14-15H2,1H3. The summed E-state index contributed by atoms with van der Waals surface area (Å²) in [7, 11) is 1.65. The minimum absolute atomic E-state index is 0.151. The summed E-state index contributed by atoms with van der Waals surface area (Å²) < 4.78 is 5.39. The molecule has 1 aliphatic rings. The van der Waals surface area contributed by atoms with E-state index in [4.69, 9.17) is 4.74 Å². The van der Waals surface area contributed by atoms with Crippen molar-refractivity contribution >= 4 is 5.91 Å². The van der Waals surface area contributed by atoms with E-state index < -0.39 is 0 Å². The van der Waals surface area contributed by atoms with E-state index in [2.05, 4.69) is 9.88 Å². The number of hydrogen-bond donors (Lipinski definition) is 0. The highest BCUT2D eigenvalue weighted by Gasteiger charge is 2.27. The number of ether oxygens (including phenoxy) is 1. The number of amides is 1. The number of rotatable bonds is 4. The fourth-order valence-electron chi connectivity index (χ4n) is 3.45. The highest BCUT2D eigenvalue weighted by Crippen LogP contribution is 2.31. The fourth-order valence-corrected chi connectivity index (χ4v) is 3.45. The van der Waals surface area contributed by atoms with Crippen LogP contribution in [0, 0.1) is 0 Å². The number of nitrogens with zero attached hydrogens (tertiary/aromatic N) is 2. The molecule has 4 nitrogen and oxygen atoms in total. The number of pyridine rings is 1. The number of carbonyl (C=O) groups excluding carboxylic acids is 1. The van der Waals surface area contributed by atoms with Gasteiger partial charge in [0.25, 0.3) is 0 Å². The second-order valence-electron chi connectivity index (χ2n) is 6.22. The Labute approximate surface area is 143 Å². The molecule has 0 spiro atoms. The molecular formula is C20H24N2O2. The van der Waals surface area contributed by atoms with Gasteiger partial charge < -0.3 is 9.64 Å². The lowest BCUT2D eigenvalue weighted by atomic mass is 10.0. The quantitative estimate of drug-likeness (QED) is 0.859. The van der Waals surface area contributed by atoms with Crippen LogP contribution in [0.4, 0.5) is 0 Å². The van der Waals surface area contributed by atoms with E-state index in [1.807, 2.05) is 48.8 Å². The lowest BCUT2D eigenvalue weighted by molar-refractivity contribution is -0.133. The Hall–Kier alpha value is -2.36. The van der Waals surface area contributed by atoms with Crippen LogP contribution in [0.3, 0.4) is 0 Å². The Morgan fingerprint density at radius 2 is 1.96 bits per heavy atom. The van der Waals surface area contributed by atoms with Gasteiger partial charge in [0.15, 0.2) is 0 Å². The lowest BCUT2D eigenvalue weighted by Gasteiger charge is -2.30. The summed E-state index contributed by atoms with van der Waals surface area (Å²) >= 11 is 0. The van der Waals surface area contributed by atoms with Gasteiger partial charge in [-0.15, -0.1) is 0 Å². The summed E-state index contributed by atoms with van der Waals surface area (Å²) in [5.41, 5.74) is 2.13. The predicted octanol–water partition coefficient (Wildman–Crippen LogP) is 3.78. The van der Waals surface area contributed by atoms with Gasteiger partial charge in [-0.25, -0.2) is 0 Å². The van der Waals surface area contributed by atoms with E-state index in [1.54, 1.807) is 7.11 Å². The largest absolute Gasteiger partial charge is 0.496 e. The monoisotopic (exact) mass is 324 g/mol. The van der Waals surface area contributed by atoms with Gasteiger partial charge in [-0.1, -0.05) is 31.0 Å². The number of aromatic nitrogens is 1. The van der Waals surface area contributed by atoms with E-state index in [-0.39, 0.29) is 11.9 Å². The maximum absolute atomic E-state index is 13.0. The van der Waals surface area contributed by atoms with Crippen LogP contribution in [0.5, 0.6) is 5.75 Å². The number of likely N-dealkylation sites (tertiary alicyclic amines) is 1. The summed E-state index contributed by atoms with van der Waals surface area (Å²) in [5, 5.41) is 0. The molecule has 0 bridgehead atoms. The fraction of sp³-hybridized carbons (Fsp3) is 0.400. The summed E-state index contributed by atoms with van der Waals surface area (Å²) in [6.07, 6.45) is 8.42. The third-order valence-corrected chi connectivity index (χ3v) is 4.70. The van der Waals surface area contributed by atoms with Crippen LogP contribution in [0.2, 0.25) is 0 Å². The highest BCUT2D eigenvalue weighted by atomic mass is 16.5. The first-order valence-corrected chi connectivity index (χ1v) is 8.61. The molecule has 2 heterocycles. The number of carbonyl (C=O) groups is 1. The van der Waals surface area contributed by atoms with Crippen LogP contribution >= 0.6 is 0 Å². The Morgan fingerprint density at radius 1 is 1.17 bits per heavy atom. The van der Waals surface area contributed by atoms with Gasteiger partial charge in [0.05, 0.1) is 19.6 Å².